The average molecular weight is 247 g/mol. The Balaban J connectivity index is 1.80. The third-order valence-electron chi connectivity index (χ3n) is 4.43. The van der Waals surface area contributed by atoms with Gasteiger partial charge in [-0.2, -0.15) is 0 Å². The van der Waals surface area contributed by atoms with Crippen LogP contribution in [0.25, 0.3) is 0 Å². The molecular formula is C18H17N. The van der Waals surface area contributed by atoms with Gasteiger partial charge in [-0.3, -0.25) is 0 Å². The van der Waals surface area contributed by atoms with Gasteiger partial charge in [-0.15, -0.1) is 0 Å². The summed E-state index contributed by atoms with van der Waals surface area (Å²) < 4.78 is 0. The molecule has 2 aromatic carbocycles. The van der Waals surface area contributed by atoms with Crippen molar-refractivity contribution in [2.45, 2.75) is 18.4 Å². The summed E-state index contributed by atoms with van der Waals surface area (Å²) in [7, 11) is 0. The highest BCUT2D eigenvalue weighted by Gasteiger charge is 2.37. The van der Waals surface area contributed by atoms with E-state index in [1.54, 1.807) is 0 Å². The van der Waals surface area contributed by atoms with Gasteiger partial charge >= 0.3 is 0 Å². The SMILES string of the molecule is C1=C[C@H]2c3ccccc3N[C@H](c3ccccc3)[C@H]2C1. The molecule has 1 aliphatic carbocycles. The van der Waals surface area contributed by atoms with Crippen LogP contribution in [0.3, 0.4) is 0 Å². The van der Waals surface area contributed by atoms with Gasteiger partial charge in [0.1, 0.15) is 0 Å². The summed E-state index contributed by atoms with van der Waals surface area (Å²) >= 11 is 0. The van der Waals surface area contributed by atoms with Crippen molar-refractivity contribution < 1.29 is 0 Å². The lowest BCUT2D eigenvalue weighted by Gasteiger charge is -2.37. The molecule has 0 radical (unpaired) electrons. The summed E-state index contributed by atoms with van der Waals surface area (Å²) in [5.41, 5.74) is 4.15. The van der Waals surface area contributed by atoms with E-state index in [1.165, 1.54) is 23.2 Å². The van der Waals surface area contributed by atoms with Gasteiger partial charge in [-0.25, -0.2) is 0 Å². The van der Waals surface area contributed by atoms with E-state index >= 15 is 0 Å². The highest BCUT2D eigenvalue weighted by atomic mass is 15.0. The van der Waals surface area contributed by atoms with Gasteiger partial charge < -0.3 is 5.32 Å². The second kappa shape index (κ2) is 4.27. The Kier molecular flexibility index (Phi) is 2.44. The van der Waals surface area contributed by atoms with Crippen LogP contribution in [0.4, 0.5) is 5.69 Å². The zero-order valence-electron chi connectivity index (χ0n) is 10.8. The Labute approximate surface area is 114 Å². The molecule has 0 unspecified atom stereocenters. The number of rotatable bonds is 1. The molecule has 19 heavy (non-hydrogen) atoms. The van der Waals surface area contributed by atoms with Crippen molar-refractivity contribution in [1.82, 2.24) is 0 Å². The van der Waals surface area contributed by atoms with E-state index in [0.29, 0.717) is 17.9 Å². The Morgan fingerprint density at radius 1 is 0.895 bits per heavy atom. The number of fused-ring (bicyclic) bond motifs is 3. The van der Waals surface area contributed by atoms with Crippen LogP contribution in [-0.4, -0.2) is 0 Å². The van der Waals surface area contributed by atoms with Gasteiger partial charge in [0.15, 0.2) is 0 Å². The molecule has 0 fully saturated rings. The lowest BCUT2D eigenvalue weighted by atomic mass is 9.77. The summed E-state index contributed by atoms with van der Waals surface area (Å²) in [6, 6.07) is 20.0. The standard InChI is InChI=1S/C18H17N/c1-2-7-13(8-3-1)18-16-11-6-10-14(16)15-9-4-5-12-17(15)19-18/h1-10,12,14,16,18-19H,11H2/t14-,16-,18+/m0/s1. The first-order valence-corrected chi connectivity index (χ1v) is 7.00. The molecule has 2 aromatic rings. The van der Waals surface area contributed by atoms with Crippen molar-refractivity contribution in [3.63, 3.8) is 0 Å². The molecule has 4 rings (SSSR count). The Bertz CT molecular complexity index is 615. The van der Waals surface area contributed by atoms with E-state index < -0.39 is 0 Å². The van der Waals surface area contributed by atoms with Crippen LogP contribution in [0.1, 0.15) is 29.5 Å². The predicted molar refractivity (Wildman–Crippen MR) is 79.2 cm³/mol. The number of hydrogen-bond acceptors (Lipinski definition) is 1. The number of benzene rings is 2. The molecule has 0 bridgehead atoms. The number of hydrogen-bond donors (Lipinski definition) is 1. The first-order chi connectivity index (χ1) is 9.43. The van der Waals surface area contributed by atoms with E-state index in [2.05, 4.69) is 72.1 Å². The maximum Gasteiger partial charge on any atom is 0.0553 e. The highest BCUT2D eigenvalue weighted by molar-refractivity contribution is 5.59. The van der Waals surface area contributed by atoms with Crippen LogP contribution in [0.5, 0.6) is 0 Å². The van der Waals surface area contributed by atoms with Gasteiger partial charge in [-0.05, 0) is 29.5 Å². The number of para-hydroxylation sites is 1. The number of anilines is 1. The molecule has 0 amide bonds. The third-order valence-corrected chi connectivity index (χ3v) is 4.43. The summed E-state index contributed by atoms with van der Waals surface area (Å²) in [5, 5.41) is 3.74. The van der Waals surface area contributed by atoms with Crippen LogP contribution in [0, 0.1) is 5.92 Å². The Morgan fingerprint density at radius 2 is 1.68 bits per heavy atom. The van der Waals surface area contributed by atoms with E-state index in [4.69, 9.17) is 0 Å². The maximum absolute atomic E-state index is 3.74. The summed E-state index contributed by atoms with van der Waals surface area (Å²) in [5.74, 6) is 1.22. The van der Waals surface area contributed by atoms with Crippen LogP contribution in [0.2, 0.25) is 0 Å². The molecule has 94 valence electrons. The molecule has 0 saturated heterocycles. The fraction of sp³-hybridized carbons (Fsp3) is 0.222. The van der Waals surface area contributed by atoms with E-state index in [-0.39, 0.29) is 0 Å². The fourth-order valence-corrected chi connectivity index (χ4v) is 3.53. The van der Waals surface area contributed by atoms with Crippen molar-refractivity contribution in [3.05, 3.63) is 77.9 Å². The quantitative estimate of drug-likeness (QED) is 0.731. The van der Waals surface area contributed by atoms with Gasteiger partial charge in [0.25, 0.3) is 0 Å². The molecule has 2 aliphatic rings. The van der Waals surface area contributed by atoms with Crippen LogP contribution in [0.15, 0.2) is 66.7 Å². The van der Waals surface area contributed by atoms with Gasteiger partial charge in [0.05, 0.1) is 6.04 Å². The van der Waals surface area contributed by atoms with Crippen LogP contribution in [-0.2, 0) is 0 Å². The zero-order valence-corrected chi connectivity index (χ0v) is 10.8. The first kappa shape index (κ1) is 10.9. The van der Waals surface area contributed by atoms with E-state index in [0.717, 1.165) is 0 Å². The van der Waals surface area contributed by atoms with Gasteiger partial charge in [0.2, 0.25) is 0 Å². The van der Waals surface area contributed by atoms with Crippen molar-refractivity contribution in [2.75, 3.05) is 5.32 Å². The van der Waals surface area contributed by atoms with E-state index in [9.17, 15) is 0 Å². The molecule has 0 aromatic heterocycles. The van der Waals surface area contributed by atoms with Crippen molar-refractivity contribution >= 4 is 5.69 Å². The first-order valence-electron chi connectivity index (χ1n) is 7.00. The maximum atomic E-state index is 3.74. The minimum Gasteiger partial charge on any atom is -0.378 e. The molecule has 1 aliphatic heterocycles. The highest BCUT2D eigenvalue weighted by Crippen LogP contribution is 2.49. The molecule has 0 saturated carbocycles. The van der Waals surface area contributed by atoms with Crippen LogP contribution >= 0.6 is 0 Å². The van der Waals surface area contributed by atoms with Crippen molar-refractivity contribution in [1.29, 1.82) is 0 Å². The van der Waals surface area contributed by atoms with Crippen molar-refractivity contribution in [3.8, 4) is 0 Å². The zero-order chi connectivity index (χ0) is 12.7. The fourth-order valence-electron chi connectivity index (χ4n) is 3.53. The summed E-state index contributed by atoms with van der Waals surface area (Å²) in [6.07, 6.45) is 5.90. The Hall–Kier alpha value is -2.02. The predicted octanol–water partition coefficient (Wildman–Crippen LogP) is 4.51. The second-order valence-corrected chi connectivity index (χ2v) is 5.47. The molecule has 0 spiro atoms. The second-order valence-electron chi connectivity index (χ2n) is 5.47. The van der Waals surface area contributed by atoms with Gasteiger partial charge in [0, 0.05) is 11.6 Å². The molecule has 1 heteroatoms. The number of nitrogens with one attached hydrogen (secondary N) is 1. The minimum absolute atomic E-state index is 0.427. The largest absolute Gasteiger partial charge is 0.378 e. The van der Waals surface area contributed by atoms with Crippen LogP contribution < -0.4 is 5.32 Å². The summed E-state index contributed by atoms with van der Waals surface area (Å²) in [6.45, 7) is 0. The molecule has 1 heterocycles. The normalized spacial score (nSPS) is 27.5. The molecule has 3 atom stereocenters. The minimum atomic E-state index is 0.427. The van der Waals surface area contributed by atoms with Crippen molar-refractivity contribution in [2.24, 2.45) is 5.92 Å². The lowest BCUT2D eigenvalue weighted by Crippen LogP contribution is -2.28. The smallest absolute Gasteiger partial charge is 0.0553 e. The molecule has 1 nitrogen and oxygen atoms in total. The topological polar surface area (TPSA) is 12.0 Å². The monoisotopic (exact) mass is 247 g/mol. The summed E-state index contributed by atoms with van der Waals surface area (Å²) in [4.78, 5) is 0. The lowest BCUT2D eigenvalue weighted by molar-refractivity contribution is 0.425. The van der Waals surface area contributed by atoms with E-state index in [1.807, 2.05) is 0 Å². The number of allylic oxidation sites excluding steroid dienone is 2. The Morgan fingerprint density at radius 3 is 2.58 bits per heavy atom. The van der Waals surface area contributed by atoms with Gasteiger partial charge in [-0.1, -0.05) is 60.7 Å². The third kappa shape index (κ3) is 1.69. The molecule has 1 N–H and O–H groups in total. The molecular weight excluding hydrogens is 230 g/mol. The average Bonchev–Trinajstić information content (AvgIpc) is 2.97.